The molecule has 3 aliphatic rings. The summed E-state index contributed by atoms with van der Waals surface area (Å²) in [5.41, 5.74) is 0. The smallest absolute Gasteiger partial charge is 0.0623 e. The number of methoxy groups -OCH3 is 1. The fourth-order valence-corrected chi connectivity index (χ4v) is 4.50. The number of nitrogens with zero attached hydrogens (tertiary/aromatic N) is 1. The third-order valence-electron chi connectivity index (χ3n) is 5.73. The van der Waals surface area contributed by atoms with Crippen LogP contribution in [0.15, 0.2) is 0 Å². The van der Waals surface area contributed by atoms with Crippen molar-refractivity contribution < 1.29 is 9.47 Å². The number of hydrogen-bond donors (Lipinski definition) is 2. The van der Waals surface area contributed by atoms with Crippen molar-refractivity contribution in [2.45, 2.75) is 50.2 Å². The third-order valence-corrected chi connectivity index (χ3v) is 5.73. The first-order chi connectivity index (χ1) is 10.9. The van der Waals surface area contributed by atoms with Gasteiger partial charge >= 0.3 is 0 Å². The number of rotatable bonds is 7. The van der Waals surface area contributed by atoms with Crippen LogP contribution in [-0.4, -0.2) is 76.1 Å². The summed E-state index contributed by atoms with van der Waals surface area (Å²) in [4.78, 5) is 2.60. The fraction of sp³-hybridized carbons (Fsp3) is 1.00. The molecule has 0 spiro atoms. The lowest BCUT2D eigenvalue weighted by molar-refractivity contribution is 0.0519. The Labute approximate surface area is 147 Å². The molecule has 0 aromatic carbocycles. The van der Waals surface area contributed by atoms with Gasteiger partial charge in [0.25, 0.3) is 0 Å². The van der Waals surface area contributed by atoms with E-state index in [0.717, 1.165) is 45.4 Å². The van der Waals surface area contributed by atoms with Crippen LogP contribution < -0.4 is 10.6 Å². The Hall–Kier alpha value is 0.0900. The van der Waals surface area contributed by atoms with Gasteiger partial charge in [-0.05, 0) is 38.1 Å². The van der Waals surface area contributed by atoms with Crippen LogP contribution in [0.25, 0.3) is 0 Å². The van der Waals surface area contributed by atoms with Crippen molar-refractivity contribution in [2.75, 3.05) is 53.1 Å². The highest BCUT2D eigenvalue weighted by Gasteiger charge is 2.35. The number of likely N-dealkylation sites (tertiary alicyclic amines) is 1. The molecule has 3 fully saturated rings. The lowest BCUT2D eigenvalue weighted by Gasteiger charge is -2.34. The highest BCUT2D eigenvalue weighted by atomic mass is 35.5. The van der Waals surface area contributed by atoms with Gasteiger partial charge in [0.15, 0.2) is 0 Å². The number of hydrogen-bond acceptors (Lipinski definition) is 5. The molecule has 3 rings (SSSR count). The van der Waals surface area contributed by atoms with E-state index in [4.69, 9.17) is 9.47 Å². The van der Waals surface area contributed by atoms with Crippen LogP contribution in [0.1, 0.15) is 32.1 Å². The zero-order chi connectivity index (χ0) is 15.2. The van der Waals surface area contributed by atoms with Gasteiger partial charge in [0.05, 0.1) is 19.8 Å². The van der Waals surface area contributed by atoms with E-state index in [1.807, 2.05) is 0 Å². The van der Waals surface area contributed by atoms with Crippen molar-refractivity contribution in [3.8, 4) is 0 Å². The summed E-state index contributed by atoms with van der Waals surface area (Å²) in [6.45, 7) is 7.09. The SMILES string of the molecule is COCCN1CCCC1CNC1CCCC1C1COCCN1.Cl. The summed E-state index contributed by atoms with van der Waals surface area (Å²) in [5, 5.41) is 7.56. The molecule has 4 atom stereocenters. The van der Waals surface area contributed by atoms with E-state index in [2.05, 4.69) is 15.5 Å². The molecule has 0 radical (unpaired) electrons. The van der Waals surface area contributed by atoms with Crippen molar-refractivity contribution in [1.82, 2.24) is 15.5 Å². The van der Waals surface area contributed by atoms with Crippen molar-refractivity contribution in [3.05, 3.63) is 0 Å². The van der Waals surface area contributed by atoms with Gasteiger partial charge in [-0.2, -0.15) is 0 Å². The van der Waals surface area contributed by atoms with E-state index < -0.39 is 0 Å². The van der Waals surface area contributed by atoms with Crippen molar-refractivity contribution in [3.63, 3.8) is 0 Å². The summed E-state index contributed by atoms with van der Waals surface area (Å²) < 4.78 is 10.9. The Kier molecular flexibility index (Phi) is 8.58. The Morgan fingerprint density at radius 1 is 1.26 bits per heavy atom. The van der Waals surface area contributed by atoms with Gasteiger partial charge in [0.1, 0.15) is 0 Å². The summed E-state index contributed by atoms with van der Waals surface area (Å²) in [6, 6.07) is 1.93. The van der Waals surface area contributed by atoms with Crippen LogP contribution in [0.2, 0.25) is 0 Å². The zero-order valence-corrected chi connectivity index (χ0v) is 15.3. The van der Waals surface area contributed by atoms with Crippen LogP contribution in [-0.2, 0) is 9.47 Å². The first-order valence-corrected chi connectivity index (χ1v) is 9.16. The highest BCUT2D eigenvalue weighted by molar-refractivity contribution is 5.85. The Morgan fingerprint density at radius 2 is 2.17 bits per heavy atom. The van der Waals surface area contributed by atoms with Crippen molar-refractivity contribution >= 4 is 12.4 Å². The highest BCUT2D eigenvalue weighted by Crippen LogP contribution is 2.30. The normalized spacial score (nSPS) is 35.3. The first-order valence-electron chi connectivity index (χ1n) is 9.16. The van der Waals surface area contributed by atoms with E-state index in [-0.39, 0.29) is 12.4 Å². The van der Waals surface area contributed by atoms with E-state index >= 15 is 0 Å². The van der Waals surface area contributed by atoms with E-state index in [0.29, 0.717) is 18.1 Å². The summed E-state index contributed by atoms with van der Waals surface area (Å²) in [7, 11) is 1.80. The molecule has 136 valence electrons. The predicted molar refractivity (Wildman–Crippen MR) is 95.5 cm³/mol. The molecular weight excluding hydrogens is 314 g/mol. The minimum absolute atomic E-state index is 0. The molecule has 2 heterocycles. The number of nitrogens with one attached hydrogen (secondary N) is 2. The molecule has 23 heavy (non-hydrogen) atoms. The predicted octanol–water partition coefficient (Wildman–Crippen LogP) is 1.27. The monoisotopic (exact) mass is 347 g/mol. The van der Waals surface area contributed by atoms with E-state index in [1.165, 1.54) is 38.6 Å². The number of morpholine rings is 1. The molecule has 1 aliphatic carbocycles. The molecule has 2 N–H and O–H groups in total. The molecule has 0 amide bonds. The molecule has 5 nitrogen and oxygen atoms in total. The Balaban J connectivity index is 0.00000192. The number of halogens is 1. The van der Waals surface area contributed by atoms with Gasteiger partial charge < -0.3 is 20.1 Å². The summed E-state index contributed by atoms with van der Waals surface area (Å²) in [5.74, 6) is 0.745. The molecule has 1 saturated carbocycles. The quantitative estimate of drug-likeness (QED) is 0.726. The maximum absolute atomic E-state index is 5.67. The van der Waals surface area contributed by atoms with E-state index in [1.54, 1.807) is 7.11 Å². The Bertz CT molecular complexity index is 329. The average molecular weight is 348 g/mol. The minimum Gasteiger partial charge on any atom is -0.383 e. The molecule has 0 aromatic heterocycles. The molecule has 0 bridgehead atoms. The van der Waals surface area contributed by atoms with Gasteiger partial charge in [-0.3, -0.25) is 4.90 Å². The first kappa shape index (κ1) is 19.4. The van der Waals surface area contributed by atoms with Gasteiger partial charge in [-0.1, -0.05) is 6.42 Å². The van der Waals surface area contributed by atoms with Crippen molar-refractivity contribution in [2.24, 2.45) is 5.92 Å². The zero-order valence-electron chi connectivity index (χ0n) is 14.5. The molecule has 2 saturated heterocycles. The second kappa shape index (κ2) is 10.2. The topological polar surface area (TPSA) is 45.8 Å². The molecule has 2 aliphatic heterocycles. The van der Waals surface area contributed by atoms with E-state index in [9.17, 15) is 0 Å². The van der Waals surface area contributed by atoms with Crippen LogP contribution in [0.5, 0.6) is 0 Å². The third kappa shape index (κ3) is 5.28. The lowest BCUT2D eigenvalue weighted by Crippen LogP contribution is -2.52. The summed E-state index contributed by atoms with van der Waals surface area (Å²) >= 11 is 0. The molecule has 4 unspecified atom stereocenters. The molecule has 0 aromatic rings. The standard InChI is InChI=1S/C17H33N3O2.ClH/c1-21-11-9-20-8-3-4-14(20)12-19-16-6-2-5-15(16)17-13-22-10-7-18-17;/h14-19H,2-13H2,1H3;1H. The van der Waals surface area contributed by atoms with Crippen LogP contribution in [0, 0.1) is 5.92 Å². The van der Waals surface area contributed by atoms with Crippen molar-refractivity contribution in [1.29, 1.82) is 0 Å². The maximum Gasteiger partial charge on any atom is 0.0623 e. The second-order valence-electron chi connectivity index (χ2n) is 7.07. The maximum atomic E-state index is 5.67. The van der Waals surface area contributed by atoms with Crippen LogP contribution >= 0.6 is 12.4 Å². The van der Waals surface area contributed by atoms with Crippen LogP contribution in [0.4, 0.5) is 0 Å². The Morgan fingerprint density at radius 3 is 2.96 bits per heavy atom. The largest absolute Gasteiger partial charge is 0.383 e. The molecular formula is C17H34ClN3O2. The van der Waals surface area contributed by atoms with Crippen LogP contribution in [0.3, 0.4) is 0 Å². The van der Waals surface area contributed by atoms with Gasteiger partial charge in [-0.15, -0.1) is 12.4 Å². The summed E-state index contributed by atoms with van der Waals surface area (Å²) in [6.07, 6.45) is 6.70. The van der Waals surface area contributed by atoms with Gasteiger partial charge in [0.2, 0.25) is 0 Å². The number of ether oxygens (including phenoxy) is 2. The van der Waals surface area contributed by atoms with Gasteiger partial charge in [-0.25, -0.2) is 0 Å². The second-order valence-corrected chi connectivity index (χ2v) is 7.07. The lowest BCUT2D eigenvalue weighted by atomic mass is 9.94. The minimum atomic E-state index is 0. The average Bonchev–Trinajstić information content (AvgIpc) is 3.20. The fourth-order valence-electron chi connectivity index (χ4n) is 4.50. The van der Waals surface area contributed by atoms with Gasteiger partial charge in [0, 0.05) is 44.9 Å². The molecule has 6 heteroatoms.